The molecule has 0 aliphatic heterocycles. The molecule has 0 aliphatic carbocycles. The maximum Gasteiger partial charge on any atom is 0.181 e. The zero-order chi connectivity index (χ0) is 19.8. The molecule has 0 bridgehead atoms. The first kappa shape index (κ1) is 18.0. The average Bonchev–Trinajstić information content (AvgIpc) is 3.24. The molecule has 0 radical (unpaired) electrons. The topological polar surface area (TPSA) is 54.5 Å². The van der Waals surface area contributed by atoms with Crippen LogP contribution < -0.4 is 0 Å². The van der Waals surface area contributed by atoms with Crippen LogP contribution in [0.3, 0.4) is 0 Å². The van der Waals surface area contributed by atoms with Crippen molar-refractivity contribution in [3.05, 3.63) is 88.4 Å². The SMILES string of the molecule is Clc1ccc(-c2n[nH]c(-c3cc(-c4ccc(Br)cc4)nc4ccccc34)n2)cc1. The summed E-state index contributed by atoms with van der Waals surface area (Å²) in [6.07, 6.45) is 0. The minimum absolute atomic E-state index is 0.628. The molecule has 0 unspecified atom stereocenters. The number of hydrogen-bond donors (Lipinski definition) is 1. The number of benzene rings is 3. The maximum absolute atomic E-state index is 5.99. The second-order valence-electron chi connectivity index (χ2n) is 6.59. The number of aromatic amines is 1. The Morgan fingerprint density at radius 1 is 0.793 bits per heavy atom. The van der Waals surface area contributed by atoms with Crippen molar-refractivity contribution in [3.8, 4) is 34.0 Å². The molecule has 140 valence electrons. The van der Waals surface area contributed by atoms with Crippen molar-refractivity contribution in [3.63, 3.8) is 0 Å². The molecule has 5 rings (SSSR count). The fourth-order valence-corrected chi connectivity index (χ4v) is 3.64. The van der Waals surface area contributed by atoms with Crippen molar-refractivity contribution in [2.45, 2.75) is 0 Å². The summed E-state index contributed by atoms with van der Waals surface area (Å²) in [4.78, 5) is 9.58. The Balaban J connectivity index is 1.66. The van der Waals surface area contributed by atoms with E-state index >= 15 is 0 Å². The summed E-state index contributed by atoms with van der Waals surface area (Å²) in [5.41, 5.74) is 4.70. The molecular weight excluding hydrogens is 448 g/mol. The van der Waals surface area contributed by atoms with Crippen LogP contribution in [0.15, 0.2) is 83.3 Å². The number of rotatable bonds is 3. The Morgan fingerprint density at radius 3 is 2.31 bits per heavy atom. The predicted molar refractivity (Wildman–Crippen MR) is 121 cm³/mol. The minimum atomic E-state index is 0.628. The van der Waals surface area contributed by atoms with E-state index in [-0.39, 0.29) is 0 Å². The summed E-state index contributed by atoms with van der Waals surface area (Å²) in [5.74, 6) is 1.33. The van der Waals surface area contributed by atoms with Crippen molar-refractivity contribution in [1.29, 1.82) is 0 Å². The number of hydrogen-bond acceptors (Lipinski definition) is 3. The largest absolute Gasteiger partial charge is 0.259 e. The van der Waals surface area contributed by atoms with Crippen LogP contribution in [-0.4, -0.2) is 20.2 Å². The van der Waals surface area contributed by atoms with Crippen molar-refractivity contribution < 1.29 is 0 Å². The second-order valence-corrected chi connectivity index (χ2v) is 7.95. The maximum atomic E-state index is 5.99. The molecule has 3 aromatic carbocycles. The monoisotopic (exact) mass is 460 g/mol. The molecule has 0 aliphatic rings. The van der Waals surface area contributed by atoms with Crippen molar-refractivity contribution in [2.75, 3.05) is 0 Å². The van der Waals surface area contributed by atoms with Crippen LogP contribution in [0.1, 0.15) is 0 Å². The summed E-state index contributed by atoms with van der Waals surface area (Å²) in [7, 11) is 0. The molecule has 5 aromatic rings. The van der Waals surface area contributed by atoms with E-state index in [0.29, 0.717) is 16.7 Å². The zero-order valence-electron chi connectivity index (χ0n) is 15.1. The predicted octanol–water partition coefficient (Wildman–Crippen LogP) is 6.77. The van der Waals surface area contributed by atoms with Crippen molar-refractivity contribution in [1.82, 2.24) is 20.2 Å². The Bertz CT molecular complexity index is 1310. The molecule has 29 heavy (non-hydrogen) atoms. The van der Waals surface area contributed by atoms with E-state index in [1.807, 2.05) is 72.8 Å². The number of halogens is 2. The van der Waals surface area contributed by atoms with Crippen LogP contribution in [0.5, 0.6) is 0 Å². The van der Waals surface area contributed by atoms with Gasteiger partial charge in [0.25, 0.3) is 0 Å². The third-order valence-corrected chi connectivity index (χ3v) is 5.48. The Labute approximate surface area is 180 Å². The highest BCUT2D eigenvalue weighted by Gasteiger charge is 2.14. The van der Waals surface area contributed by atoms with Gasteiger partial charge in [0.15, 0.2) is 11.6 Å². The molecule has 0 atom stereocenters. The highest BCUT2D eigenvalue weighted by atomic mass is 79.9. The normalized spacial score (nSPS) is 11.1. The van der Waals surface area contributed by atoms with E-state index in [2.05, 4.69) is 32.2 Å². The van der Waals surface area contributed by atoms with Gasteiger partial charge in [-0.25, -0.2) is 9.97 Å². The van der Waals surface area contributed by atoms with Gasteiger partial charge in [-0.1, -0.05) is 57.9 Å². The lowest BCUT2D eigenvalue weighted by Crippen LogP contribution is -1.91. The summed E-state index contributed by atoms with van der Waals surface area (Å²) in [6, 6.07) is 25.7. The first-order chi connectivity index (χ1) is 14.2. The van der Waals surface area contributed by atoms with Gasteiger partial charge in [-0.3, -0.25) is 5.10 Å². The van der Waals surface area contributed by atoms with Gasteiger partial charge >= 0.3 is 0 Å². The molecule has 0 fully saturated rings. The standard InChI is InChI=1S/C23H14BrClN4/c24-16-9-5-14(6-10-16)21-13-19(18-3-1-2-4-20(18)26-21)23-27-22(28-29-23)15-7-11-17(25)12-8-15/h1-13H,(H,27,28,29). The number of nitrogens with zero attached hydrogens (tertiary/aromatic N) is 3. The summed E-state index contributed by atoms with van der Waals surface area (Å²) in [6.45, 7) is 0. The third-order valence-electron chi connectivity index (χ3n) is 4.70. The molecule has 0 amide bonds. The van der Waals surface area contributed by atoms with Gasteiger partial charge in [-0.2, -0.15) is 5.10 Å². The fraction of sp³-hybridized carbons (Fsp3) is 0. The minimum Gasteiger partial charge on any atom is -0.259 e. The van der Waals surface area contributed by atoms with Gasteiger partial charge in [0.1, 0.15) is 0 Å². The van der Waals surface area contributed by atoms with E-state index in [1.165, 1.54) is 0 Å². The van der Waals surface area contributed by atoms with Crippen LogP contribution in [0.2, 0.25) is 5.02 Å². The van der Waals surface area contributed by atoms with Gasteiger partial charge in [-0.15, -0.1) is 0 Å². The molecule has 2 aromatic heterocycles. The molecular formula is C23H14BrClN4. The van der Waals surface area contributed by atoms with Crippen LogP contribution in [0.25, 0.3) is 44.9 Å². The molecule has 4 nitrogen and oxygen atoms in total. The second kappa shape index (κ2) is 7.43. The summed E-state index contributed by atoms with van der Waals surface area (Å²) in [5, 5.41) is 9.20. The summed E-state index contributed by atoms with van der Waals surface area (Å²) >= 11 is 9.48. The smallest absolute Gasteiger partial charge is 0.181 e. The Hall–Kier alpha value is -3.02. The first-order valence-electron chi connectivity index (χ1n) is 9.02. The lowest BCUT2D eigenvalue weighted by molar-refractivity contribution is 1.10. The van der Waals surface area contributed by atoms with Crippen molar-refractivity contribution >= 4 is 38.4 Å². The van der Waals surface area contributed by atoms with Gasteiger partial charge in [0.05, 0.1) is 11.2 Å². The molecule has 0 spiro atoms. The lowest BCUT2D eigenvalue weighted by atomic mass is 10.0. The molecule has 2 heterocycles. The van der Waals surface area contributed by atoms with Crippen LogP contribution in [-0.2, 0) is 0 Å². The number of aromatic nitrogens is 4. The van der Waals surface area contributed by atoms with Crippen LogP contribution in [0.4, 0.5) is 0 Å². The Morgan fingerprint density at radius 2 is 1.52 bits per heavy atom. The third kappa shape index (κ3) is 3.55. The highest BCUT2D eigenvalue weighted by Crippen LogP contribution is 2.31. The van der Waals surface area contributed by atoms with E-state index in [1.54, 1.807) is 0 Å². The van der Waals surface area contributed by atoms with E-state index in [9.17, 15) is 0 Å². The van der Waals surface area contributed by atoms with Gasteiger partial charge in [0.2, 0.25) is 0 Å². The van der Waals surface area contributed by atoms with Gasteiger partial charge in [-0.05, 0) is 48.5 Å². The average molecular weight is 462 g/mol. The molecule has 0 saturated heterocycles. The van der Waals surface area contributed by atoms with E-state index in [0.717, 1.165) is 37.8 Å². The molecule has 0 saturated carbocycles. The molecule has 1 N–H and O–H groups in total. The van der Waals surface area contributed by atoms with Gasteiger partial charge in [0, 0.05) is 31.6 Å². The number of pyridine rings is 1. The number of nitrogens with one attached hydrogen (secondary N) is 1. The van der Waals surface area contributed by atoms with Gasteiger partial charge < -0.3 is 0 Å². The molecule has 6 heteroatoms. The number of para-hydroxylation sites is 1. The van der Waals surface area contributed by atoms with E-state index in [4.69, 9.17) is 21.6 Å². The zero-order valence-corrected chi connectivity index (χ0v) is 17.4. The van der Waals surface area contributed by atoms with Crippen LogP contribution in [0, 0.1) is 0 Å². The fourth-order valence-electron chi connectivity index (χ4n) is 3.25. The summed E-state index contributed by atoms with van der Waals surface area (Å²) < 4.78 is 1.03. The first-order valence-corrected chi connectivity index (χ1v) is 10.2. The van der Waals surface area contributed by atoms with E-state index < -0.39 is 0 Å². The Kier molecular flexibility index (Phi) is 4.62. The number of H-pyrrole nitrogens is 1. The quantitative estimate of drug-likeness (QED) is 0.322. The number of fused-ring (bicyclic) bond motifs is 1. The van der Waals surface area contributed by atoms with Crippen LogP contribution >= 0.6 is 27.5 Å². The lowest BCUT2D eigenvalue weighted by Gasteiger charge is -2.08. The highest BCUT2D eigenvalue weighted by molar-refractivity contribution is 9.10. The van der Waals surface area contributed by atoms with Crippen molar-refractivity contribution in [2.24, 2.45) is 0 Å².